The van der Waals surface area contributed by atoms with Crippen LogP contribution in [0.2, 0.25) is 5.02 Å². The van der Waals surface area contributed by atoms with Gasteiger partial charge in [0.1, 0.15) is 0 Å². The van der Waals surface area contributed by atoms with E-state index in [1.165, 1.54) is 17.3 Å². The molecule has 0 heterocycles. The molecule has 0 saturated heterocycles. The number of Topliss-reactive ketones (excluding diaryl/α,β-unsaturated/α-hetero) is 1. The van der Waals surface area contributed by atoms with Crippen LogP contribution in [0.4, 0.5) is 0 Å². The number of hydrogen-bond acceptors (Lipinski definition) is 2. The first-order chi connectivity index (χ1) is 9.49. The second-order valence-corrected chi connectivity index (χ2v) is 6.34. The van der Waals surface area contributed by atoms with Crippen molar-refractivity contribution in [2.45, 2.75) is 25.7 Å². The van der Waals surface area contributed by atoms with Crippen molar-refractivity contribution < 1.29 is 4.79 Å². The zero-order valence-electron chi connectivity index (χ0n) is 11.9. The minimum absolute atomic E-state index is 0.157. The fraction of sp³-hybridized carbons (Fsp3) is 0.235. The number of thioether (sulfide) groups is 1. The Bertz CT molecular complexity index is 626. The van der Waals surface area contributed by atoms with E-state index in [1.807, 2.05) is 45.0 Å². The summed E-state index contributed by atoms with van der Waals surface area (Å²) in [6, 6.07) is 11.7. The van der Waals surface area contributed by atoms with E-state index in [0.717, 1.165) is 21.6 Å². The van der Waals surface area contributed by atoms with Crippen molar-refractivity contribution in [2.75, 3.05) is 5.75 Å². The van der Waals surface area contributed by atoms with Crippen molar-refractivity contribution in [3.63, 3.8) is 0 Å². The first-order valence-corrected chi connectivity index (χ1v) is 7.84. The average molecular weight is 305 g/mol. The summed E-state index contributed by atoms with van der Waals surface area (Å²) < 4.78 is 0. The Balaban J connectivity index is 2.16. The van der Waals surface area contributed by atoms with Crippen molar-refractivity contribution in [2.24, 2.45) is 0 Å². The highest BCUT2D eigenvalue weighted by Gasteiger charge is 2.13. The molecule has 0 aliphatic rings. The molecule has 0 aromatic heterocycles. The molecule has 20 heavy (non-hydrogen) atoms. The maximum atomic E-state index is 12.4. The van der Waals surface area contributed by atoms with Crippen LogP contribution in [-0.4, -0.2) is 11.5 Å². The lowest BCUT2D eigenvalue weighted by Crippen LogP contribution is -2.07. The lowest BCUT2D eigenvalue weighted by atomic mass is 9.97. The number of benzene rings is 2. The van der Waals surface area contributed by atoms with E-state index in [1.54, 1.807) is 0 Å². The summed E-state index contributed by atoms with van der Waals surface area (Å²) in [4.78, 5) is 13.4. The molecule has 2 rings (SSSR count). The van der Waals surface area contributed by atoms with Crippen LogP contribution in [0.25, 0.3) is 0 Å². The monoisotopic (exact) mass is 304 g/mol. The van der Waals surface area contributed by atoms with Gasteiger partial charge in [0.2, 0.25) is 0 Å². The molecular weight excluding hydrogens is 288 g/mol. The molecule has 2 aromatic rings. The van der Waals surface area contributed by atoms with Gasteiger partial charge >= 0.3 is 0 Å². The Morgan fingerprint density at radius 3 is 2.30 bits per heavy atom. The minimum atomic E-state index is 0.157. The summed E-state index contributed by atoms with van der Waals surface area (Å²) >= 11 is 7.60. The maximum absolute atomic E-state index is 12.4. The molecule has 104 valence electrons. The van der Waals surface area contributed by atoms with Gasteiger partial charge in [0.15, 0.2) is 5.78 Å². The smallest absolute Gasteiger partial charge is 0.173 e. The quantitative estimate of drug-likeness (QED) is 0.567. The third kappa shape index (κ3) is 3.44. The third-order valence-corrected chi connectivity index (χ3v) is 4.67. The van der Waals surface area contributed by atoms with Crippen molar-refractivity contribution in [1.29, 1.82) is 0 Å². The normalized spacial score (nSPS) is 10.6. The van der Waals surface area contributed by atoms with Gasteiger partial charge in [-0.25, -0.2) is 0 Å². The summed E-state index contributed by atoms with van der Waals surface area (Å²) in [7, 11) is 0. The highest BCUT2D eigenvalue weighted by Crippen LogP contribution is 2.28. The topological polar surface area (TPSA) is 17.1 Å². The number of carbonyl (C=O) groups is 1. The molecule has 0 fully saturated rings. The second-order valence-electron chi connectivity index (χ2n) is 4.92. The molecule has 0 spiro atoms. The van der Waals surface area contributed by atoms with Crippen LogP contribution < -0.4 is 0 Å². The van der Waals surface area contributed by atoms with E-state index in [0.29, 0.717) is 10.8 Å². The van der Waals surface area contributed by atoms with Crippen LogP contribution in [-0.2, 0) is 0 Å². The van der Waals surface area contributed by atoms with Crippen LogP contribution in [0.1, 0.15) is 27.0 Å². The van der Waals surface area contributed by atoms with Gasteiger partial charge in [-0.05, 0) is 44.0 Å². The number of hydrogen-bond donors (Lipinski definition) is 0. The second kappa shape index (κ2) is 6.47. The standard InChI is InChI=1S/C17H17ClOS/c1-11-8-12(2)17(13(3)9-11)15(19)10-20-16-7-5-4-6-14(16)18/h4-9H,10H2,1-3H3. The summed E-state index contributed by atoms with van der Waals surface area (Å²) in [5.74, 6) is 0.569. The molecule has 2 aromatic carbocycles. The highest BCUT2D eigenvalue weighted by atomic mass is 35.5. The zero-order valence-corrected chi connectivity index (χ0v) is 13.4. The van der Waals surface area contributed by atoms with Crippen molar-refractivity contribution in [1.82, 2.24) is 0 Å². The van der Waals surface area contributed by atoms with Gasteiger partial charge in [-0.15, -0.1) is 11.8 Å². The number of rotatable bonds is 4. The van der Waals surface area contributed by atoms with Gasteiger partial charge in [0, 0.05) is 10.5 Å². The first-order valence-electron chi connectivity index (χ1n) is 6.47. The van der Waals surface area contributed by atoms with E-state index >= 15 is 0 Å². The molecule has 0 aliphatic carbocycles. The fourth-order valence-corrected chi connectivity index (χ4v) is 3.51. The van der Waals surface area contributed by atoms with Gasteiger partial charge in [0.05, 0.1) is 10.8 Å². The lowest BCUT2D eigenvalue weighted by molar-refractivity contribution is 0.102. The number of ketones is 1. The Morgan fingerprint density at radius 1 is 1.10 bits per heavy atom. The summed E-state index contributed by atoms with van der Waals surface area (Å²) in [5, 5.41) is 0.697. The lowest BCUT2D eigenvalue weighted by Gasteiger charge is -2.10. The number of aryl methyl sites for hydroxylation is 3. The van der Waals surface area contributed by atoms with Crippen LogP contribution in [0, 0.1) is 20.8 Å². The van der Waals surface area contributed by atoms with Crippen LogP contribution >= 0.6 is 23.4 Å². The predicted molar refractivity (Wildman–Crippen MR) is 87.2 cm³/mol. The van der Waals surface area contributed by atoms with Gasteiger partial charge in [0.25, 0.3) is 0 Å². The van der Waals surface area contributed by atoms with E-state index in [2.05, 4.69) is 12.1 Å². The molecule has 0 unspecified atom stereocenters. The Labute approximate surface area is 129 Å². The third-order valence-electron chi connectivity index (χ3n) is 3.15. The average Bonchev–Trinajstić information content (AvgIpc) is 2.36. The molecular formula is C17H17ClOS. The van der Waals surface area contributed by atoms with Crippen LogP contribution in [0.5, 0.6) is 0 Å². The van der Waals surface area contributed by atoms with Crippen LogP contribution in [0.3, 0.4) is 0 Å². The summed E-state index contributed by atoms with van der Waals surface area (Å²) in [6.07, 6.45) is 0. The predicted octanol–water partition coefficient (Wildman–Crippen LogP) is 5.24. The van der Waals surface area contributed by atoms with E-state index in [-0.39, 0.29) is 5.78 Å². The zero-order chi connectivity index (χ0) is 14.7. The van der Waals surface area contributed by atoms with Crippen molar-refractivity contribution >= 4 is 29.1 Å². The van der Waals surface area contributed by atoms with Gasteiger partial charge in [-0.1, -0.05) is 41.4 Å². The summed E-state index contributed by atoms with van der Waals surface area (Å²) in [5.41, 5.74) is 4.13. The molecule has 0 atom stereocenters. The van der Waals surface area contributed by atoms with Crippen LogP contribution in [0.15, 0.2) is 41.3 Å². The van der Waals surface area contributed by atoms with Gasteiger partial charge in [-0.3, -0.25) is 4.79 Å². The number of carbonyl (C=O) groups excluding carboxylic acids is 1. The summed E-state index contributed by atoms with van der Waals surface area (Å²) in [6.45, 7) is 6.04. The molecule has 0 bridgehead atoms. The minimum Gasteiger partial charge on any atom is -0.293 e. The van der Waals surface area contributed by atoms with Gasteiger partial charge < -0.3 is 0 Å². The molecule has 0 amide bonds. The Hall–Kier alpha value is -1.25. The molecule has 0 radical (unpaired) electrons. The maximum Gasteiger partial charge on any atom is 0.173 e. The largest absolute Gasteiger partial charge is 0.293 e. The molecule has 3 heteroatoms. The molecule has 0 saturated carbocycles. The Morgan fingerprint density at radius 2 is 1.70 bits per heavy atom. The van der Waals surface area contributed by atoms with Gasteiger partial charge in [-0.2, -0.15) is 0 Å². The van der Waals surface area contributed by atoms with Crippen molar-refractivity contribution in [3.8, 4) is 0 Å². The Kier molecular flexibility index (Phi) is 4.90. The molecule has 0 aliphatic heterocycles. The first kappa shape index (κ1) is 15.1. The fourth-order valence-electron chi connectivity index (χ4n) is 2.40. The van der Waals surface area contributed by atoms with E-state index in [4.69, 9.17) is 11.6 Å². The SMILES string of the molecule is Cc1cc(C)c(C(=O)CSc2ccccc2Cl)c(C)c1. The number of halogens is 1. The van der Waals surface area contributed by atoms with Crippen molar-refractivity contribution in [3.05, 3.63) is 63.7 Å². The van der Waals surface area contributed by atoms with E-state index in [9.17, 15) is 4.79 Å². The van der Waals surface area contributed by atoms with E-state index < -0.39 is 0 Å². The highest BCUT2D eigenvalue weighted by molar-refractivity contribution is 8.00. The molecule has 1 nitrogen and oxygen atoms in total. The molecule has 0 N–H and O–H groups in total.